The van der Waals surface area contributed by atoms with E-state index in [-0.39, 0.29) is 5.41 Å². The molecular formula is C11H20N4. The SMILES string of the molecule is CCN(CC(C)(C)CN)c1cccnn1. The van der Waals surface area contributed by atoms with Crippen molar-refractivity contribution in [2.24, 2.45) is 11.1 Å². The first-order valence-electron chi connectivity index (χ1n) is 5.32. The van der Waals surface area contributed by atoms with Gasteiger partial charge in [-0.05, 0) is 31.0 Å². The number of nitrogens with two attached hydrogens (primary N) is 1. The van der Waals surface area contributed by atoms with Crippen LogP contribution in [-0.2, 0) is 0 Å². The number of hydrogen-bond donors (Lipinski definition) is 1. The Labute approximate surface area is 91.5 Å². The van der Waals surface area contributed by atoms with Crippen LogP contribution in [0.4, 0.5) is 5.82 Å². The van der Waals surface area contributed by atoms with E-state index in [0.29, 0.717) is 6.54 Å². The lowest BCUT2D eigenvalue weighted by molar-refractivity contribution is 0.378. The molecule has 0 saturated carbocycles. The lowest BCUT2D eigenvalue weighted by Crippen LogP contribution is -2.39. The maximum atomic E-state index is 5.72. The van der Waals surface area contributed by atoms with Gasteiger partial charge in [0.05, 0.1) is 0 Å². The average molecular weight is 208 g/mol. The highest BCUT2D eigenvalue weighted by molar-refractivity contribution is 5.36. The van der Waals surface area contributed by atoms with Crippen LogP contribution in [0.5, 0.6) is 0 Å². The molecule has 2 N–H and O–H groups in total. The quantitative estimate of drug-likeness (QED) is 0.792. The fraction of sp³-hybridized carbons (Fsp3) is 0.636. The van der Waals surface area contributed by atoms with Gasteiger partial charge in [0.25, 0.3) is 0 Å². The van der Waals surface area contributed by atoms with Gasteiger partial charge in [-0.2, -0.15) is 5.10 Å². The summed E-state index contributed by atoms with van der Waals surface area (Å²) in [5.74, 6) is 0.918. The van der Waals surface area contributed by atoms with Crippen LogP contribution < -0.4 is 10.6 Å². The Kier molecular flexibility index (Phi) is 4.03. The molecule has 0 aliphatic heterocycles. The van der Waals surface area contributed by atoms with Gasteiger partial charge in [0, 0.05) is 19.3 Å². The van der Waals surface area contributed by atoms with Gasteiger partial charge in [-0.1, -0.05) is 13.8 Å². The Morgan fingerprint density at radius 2 is 2.20 bits per heavy atom. The number of nitrogens with zero attached hydrogens (tertiary/aromatic N) is 3. The molecule has 0 spiro atoms. The Morgan fingerprint density at radius 1 is 1.47 bits per heavy atom. The molecule has 0 unspecified atom stereocenters. The number of anilines is 1. The van der Waals surface area contributed by atoms with E-state index in [4.69, 9.17) is 5.73 Å². The van der Waals surface area contributed by atoms with Crippen LogP contribution in [-0.4, -0.2) is 29.8 Å². The molecule has 0 fully saturated rings. The van der Waals surface area contributed by atoms with E-state index in [2.05, 4.69) is 35.9 Å². The Hall–Kier alpha value is -1.16. The van der Waals surface area contributed by atoms with Gasteiger partial charge in [0.1, 0.15) is 0 Å². The summed E-state index contributed by atoms with van der Waals surface area (Å²) in [5, 5.41) is 7.99. The first-order valence-corrected chi connectivity index (χ1v) is 5.32. The normalized spacial score (nSPS) is 11.5. The summed E-state index contributed by atoms with van der Waals surface area (Å²) < 4.78 is 0. The Balaban J connectivity index is 2.73. The minimum Gasteiger partial charge on any atom is -0.355 e. The van der Waals surface area contributed by atoms with Crippen molar-refractivity contribution in [2.45, 2.75) is 20.8 Å². The van der Waals surface area contributed by atoms with Crippen LogP contribution in [0.25, 0.3) is 0 Å². The lowest BCUT2D eigenvalue weighted by Gasteiger charge is -2.31. The van der Waals surface area contributed by atoms with Gasteiger partial charge in [0.15, 0.2) is 5.82 Å². The maximum Gasteiger partial charge on any atom is 0.151 e. The van der Waals surface area contributed by atoms with Crippen LogP contribution in [0.2, 0.25) is 0 Å². The minimum absolute atomic E-state index is 0.105. The standard InChI is InChI=1S/C11H20N4/c1-4-15(9-11(2,3)8-12)10-6-5-7-13-14-10/h5-7H,4,8-9,12H2,1-3H3. The molecule has 4 nitrogen and oxygen atoms in total. The molecule has 0 radical (unpaired) electrons. The first kappa shape index (κ1) is 11.9. The summed E-state index contributed by atoms with van der Waals surface area (Å²) in [6.07, 6.45) is 1.69. The number of hydrogen-bond acceptors (Lipinski definition) is 4. The summed E-state index contributed by atoms with van der Waals surface area (Å²) in [6, 6.07) is 3.88. The second-order valence-corrected chi connectivity index (χ2v) is 4.46. The van der Waals surface area contributed by atoms with Crippen LogP contribution in [0.3, 0.4) is 0 Å². The molecule has 0 amide bonds. The van der Waals surface area contributed by atoms with E-state index in [0.717, 1.165) is 18.9 Å². The van der Waals surface area contributed by atoms with E-state index in [9.17, 15) is 0 Å². The molecule has 0 aliphatic carbocycles. The largest absolute Gasteiger partial charge is 0.355 e. The molecular weight excluding hydrogens is 188 g/mol. The van der Waals surface area contributed by atoms with Crippen molar-refractivity contribution in [3.8, 4) is 0 Å². The van der Waals surface area contributed by atoms with Gasteiger partial charge in [-0.3, -0.25) is 0 Å². The van der Waals surface area contributed by atoms with Gasteiger partial charge in [0.2, 0.25) is 0 Å². The van der Waals surface area contributed by atoms with Crippen molar-refractivity contribution < 1.29 is 0 Å². The summed E-state index contributed by atoms with van der Waals surface area (Å²) in [4.78, 5) is 2.19. The topological polar surface area (TPSA) is 55.0 Å². The molecule has 15 heavy (non-hydrogen) atoms. The molecule has 1 rings (SSSR count). The fourth-order valence-electron chi connectivity index (χ4n) is 1.40. The second kappa shape index (κ2) is 5.07. The third-order valence-corrected chi connectivity index (χ3v) is 2.44. The molecule has 1 heterocycles. The van der Waals surface area contributed by atoms with E-state index >= 15 is 0 Å². The van der Waals surface area contributed by atoms with Gasteiger partial charge in [-0.25, -0.2) is 0 Å². The predicted molar refractivity (Wildman–Crippen MR) is 62.8 cm³/mol. The third kappa shape index (κ3) is 3.47. The van der Waals surface area contributed by atoms with E-state index < -0.39 is 0 Å². The molecule has 0 aromatic carbocycles. The van der Waals surface area contributed by atoms with Crippen LogP contribution in [0, 0.1) is 5.41 Å². The van der Waals surface area contributed by atoms with Crippen LogP contribution >= 0.6 is 0 Å². The lowest BCUT2D eigenvalue weighted by atomic mass is 9.93. The van der Waals surface area contributed by atoms with Gasteiger partial charge < -0.3 is 10.6 Å². The second-order valence-electron chi connectivity index (χ2n) is 4.46. The first-order chi connectivity index (χ1) is 7.09. The minimum atomic E-state index is 0.105. The smallest absolute Gasteiger partial charge is 0.151 e. The van der Waals surface area contributed by atoms with Crippen molar-refractivity contribution in [3.63, 3.8) is 0 Å². The molecule has 0 atom stereocenters. The summed E-state index contributed by atoms with van der Waals surface area (Å²) in [6.45, 7) is 8.92. The number of rotatable bonds is 5. The molecule has 0 aliphatic rings. The van der Waals surface area contributed by atoms with E-state index in [1.54, 1.807) is 6.20 Å². The monoisotopic (exact) mass is 208 g/mol. The molecule has 1 aromatic rings. The molecule has 0 bridgehead atoms. The van der Waals surface area contributed by atoms with Gasteiger partial charge >= 0.3 is 0 Å². The van der Waals surface area contributed by atoms with Crippen molar-refractivity contribution in [2.75, 3.05) is 24.5 Å². The number of aromatic nitrogens is 2. The Morgan fingerprint density at radius 3 is 2.67 bits per heavy atom. The van der Waals surface area contributed by atoms with Crippen molar-refractivity contribution in [1.82, 2.24) is 10.2 Å². The summed E-state index contributed by atoms with van der Waals surface area (Å²) >= 11 is 0. The fourth-order valence-corrected chi connectivity index (χ4v) is 1.40. The van der Waals surface area contributed by atoms with E-state index in [1.165, 1.54) is 0 Å². The zero-order valence-electron chi connectivity index (χ0n) is 9.77. The van der Waals surface area contributed by atoms with Gasteiger partial charge in [-0.15, -0.1) is 5.10 Å². The molecule has 84 valence electrons. The maximum absolute atomic E-state index is 5.72. The van der Waals surface area contributed by atoms with Crippen LogP contribution in [0.1, 0.15) is 20.8 Å². The van der Waals surface area contributed by atoms with Crippen LogP contribution in [0.15, 0.2) is 18.3 Å². The van der Waals surface area contributed by atoms with Crippen molar-refractivity contribution in [3.05, 3.63) is 18.3 Å². The molecule has 0 saturated heterocycles. The van der Waals surface area contributed by atoms with E-state index in [1.807, 2.05) is 12.1 Å². The highest BCUT2D eigenvalue weighted by atomic mass is 15.3. The zero-order valence-corrected chi connectivity index (χ0v) is 9.77. The van der Waals surface area contributed by atoms with Crippen molar-refractivity contribution in [1.29, 1.82) is 0 Å². The predicted octanol–water partition coefficient (Wildman–Crippen LogP) is 1.29. The summed E-state index contributed by atoms with van der Waals surface area (Å²) in [5.41, 5.74) is 5.83. The highest BCUT2D eigenvalue weighted by Crippen LogP contribution is 2.18. The molecule has 1 aromatic heterocycles. The Bertz CT molecular complexity index is 284. The highest BCUT2D eigenvalue weighted by Gasteiger charge is 2.20. The molecule has 4 heteroatoms. The summed E-state index contributed by atoms with van der Waals surface area (Å²) in [7, 11) is 0. The zero-order chi connectivity index (χ0) is 11.3. The average Bonchev–Trinajstić information content (AvgIpc) is 2.27. The van der Waals surface area contributed by atoms with Crippen molar-refractivity contribution >= 4 is 5.82 Å². The third-order valence-electron chi connectivity index (χ3n) is 2.44.